The molecule has 0 aromatic carbocycles. The van der Waals surface area contributed by atoms with E-state index in [1.165, 1.54) is 0 Å². The van der Waals surface area contributed by atoms with Crippen molar-refractivity contribution in [2.75, 3.05) is 6.54 Å². The smallest absolute Gasteiger partial charge is 0.261 e. The van der Waals surface area contributed by atoms with Crippen LogP contribution in [0.2, 0.25) is 0 Å². The highest BCUT2D eigenvalue weighted by Gasteiger charge is 2.27. The number of H-pyrrole nitrogens is 1. The molecule has 1 aliphatic rings. The van der Waals surface area contributed by atoms with Gasteiger partial charge in [0.1, 0.15) is 5.56 Å². The Morgan fingerprint density at radius 1 is 1.53 bits per heavy atom. The van der Waals surface area contributed by atoms with Gasteiger partial charge in [-0.3, -0.25) is 9.59 Å². The number of hydrogen-bond acceptors (Lipinski definition) is 2. The van der Waals surface area contributed by atoms with E-state index < -0.39 is 0 Å². The third-order valence-corrected chi connectivity index (χ3v) is 3.89. The lowest BCUT2D eigenvalue weighted by Crippen LogP contribution is -2.37. The maximum Gasteiger partial charge on any atom is 0.261 e. The number of nitrogens with one attached hydrogen (secondary N) is 1. The number of carbonyl (C=O) groups excluding carboxylic acids is 1. The highest BCUT2D eigenvalue weighted by Crippen LogP contribution is 2.19. The van der Waals surface area contributed by atoms with Gasteiger partial charge in [0.2, 0.25) is 0 Å². The van der Waals surface area contributed by atoms with Gasteiger partial charge in [-0.2, -0.15) is 0 Å². The van der Waals surface area contributed by atoms with Gasteiger partial charge in [-0.1, -0.05) is 13.3 Å². The quantitative estimate of drug-likeness (QED) is 0.908. The lowest BCUT2D eigenvalue weighted by Gasteiger charge is -2.21. The molecule has 4 heteroatoms. The van der Waals surface area contributed by atoms with Gasteiger partial charge in [0.15, 0.2) is 0 Å². The normalized spacial score (nSPS) is 18.9. The summed E-state index contributed by atoms with van der Waals surface area (Å²) in [5.74, 6) is -0.127. The fourth-order valence-electron chi connectivity index (χ4n) is 2.73. The molecule has 0 unspecified atom stereocenters. The van der Waals surface area contributed by atoms with Crippen LogP contribution in [0.5, 0.6) is 0 Å². The first-order chi connectivity index (χ1) is 9.04. The van der Waals surface area contributed by atoms with E-state index in [1.54, 1.807) is 6.07 Å². The van der Waals surface area contributed by atoms with Crippen molar-refractivity contribution < 1.29 is 4.79 Å². The van der Waals surface area contributed by atoms with Crippen LogP contribution in [0.1, 0.15) is 54.7 Å². The summed E-state index contributed by atoms with van der Waals surface area (Å²) in [5, 5.41) is 0. The summed E-state index contributed by atoms with van der Waals surface area (Å²) >= 11 is 0. The fraction of sp³-hybridized carbons (Fsp3) is 0.600. The van der Waals surface area contributed by atoms with Crippen molar-refractivity contribution >= 4 is 5.91 Å². The largest absolute Gasteiger partial charge is 0.336 e. The predicted molar refractivity (Wildman–Crippen MR) is 75.5 cm³/mol. The van der Waals surface area contributed by atoms with Crippen LogP contribution in [-0.4, -0.2) is 28.4 Å². The Kier molecular flexibility index (Phi) is 4.08. The summed E-state index contributed by atoms with van der Waals surface area (Å²) in [7, 11) is 0. The monoisotopic (exact) mass is 262 g/mol. The van der Waals surface area contributed by atoms with E-state index in [-0.39, 0.29) is 23.1 Å². The van der Waals surface area contributed by atoms with Gasteiger partial charge >= 0.3 is 0 Å². The number of hydrogen-bond donors (Lipinski definition) is 1. The third kappa shape index (κ3) is 2.72. The standard InChI is InChI=1S/C15H22N2O2/c1-4-6-13-10(2)9-12(14(18)16-13)15(19)17-8-5-7-11(17)3/h9,11H,4-8H2,1-3H3,(H,16,18)/t11-/m1/s1. The Labute approximate surface area is 113 Å². The number of rotatable bonds is 3. The Morgan fingerprint density at radius 2 is 2.26 bits per heavy atom. The highest BCUT2D eigenvalue weighted by molar-refractivity contribution is 5.94. The van der Waals surface area contributed by atoms with Crippen LogP contribution >= 0.6 is 0 Å². The van der Waals surface area contributed by atoms with Crippen molar-refractivity contribution in [3.05, 3.63) is 33.2 Å². The van der Waals surface area contributed by atoms with Gasteiger partial charge in [0, 0.05) is 18.3 Å². The number of aromatic amines is 1. The minimum Gasteiger partial charge on any atom is -0.336 e. The van der Waals surface area contributed by atoms with Gasteiger partial charge in [-0.25, -0.2) is 0 Å². The highest BCUT2D eigenvalue weighted by atomic mass is 16.2. The first kappa shape index (κ1) is 13.8. The average molecular weight is 262 g/mol. The second-order valence-electron chi connectivity index (χ2n) is 5.41. The van der Waals surface area contributed by atoms with Crippen molar-refractivity contribution in [1.29, 1.82) is 0 Å². The molecule has 1 saturated heterocycles. The topological polar surface area (TPSA) is 53.2 Å². The molecule has 2 heterocycles. The Hall–Kier alpha value is -1.58. The van der Waals surface area contributed by atoms with Gasteiger partial charge in [0.05, 0.1) is 0 Å². The summed E-state index contributed by atoms with van der Waals surface area (Å²) < 4.78 is 0. The number of likely N-dealkylation sites (tertiary alicyclic amines) is 1. The molecule has 104 valence electrons. The van der Waals surface area contributed by atoms with Crippen molar-refractivity contribution in [3.63, 3.8) is 0 Å². The first-order valence-electron chi connectivity index (χ1n) is 7.08. The van der Waals surface area contributed by atoms with Gasteiger partial charge in [-0.05, 0) is 44.7 Å². The van der Waals surface area contributed by atoms with Crippen molar-refractivity contribution in [2.45, 2.75) is 52.5 Å². The van der Waals surface area contributed by atoms with Crippen LogP contribution in [0.25, 0.3) is 0 Å². The Morgan fingerprint density at radius 3 is 2.84 bits per heavy atom. The molecule has 0 saturated carbocycles. The molecule has 0 bridgehead atoms. The maximum atomic E-state index is 12.4. The minimum atomic E-state index is -0.252. The molecule has 19 heavy (non-hydrogen) atoms. The second kappa shape index (κ2) is 5.59. The molecular weight excluding hydrogens is 240 g/mol. The zero-order valence-corrected chi connectivity index (χ0v) is 12.0. The minimum absolute atomic E-state index is 0.127. The summed E-state index contributed by atoms with van der Waals surface area (Å²) in [4.78, 5) is 29.1. The zero-order valence-electron chi connectivity index (χ0n) is 12.0. The lowest BCUT2D eigenvalue weighted by molar-refractivity contribution is 0.0745. The lowest BCUT2D eigenvalue weighted by atomic mass is 10.1. The molecule has 1 aliphatic heterocycles. The van der Waals surface area contributed by atoms with Crippen LogP contribution < -0.4 is 5.56 Å². The predicted octanol–water partition coefficient (Wildman–Crippen LogP) is 2.26. The van der Waals surface area contributed by atoms with Crippen LogP contribution in [0.4, 0.5) is 0 Å². The van der Waals surface area contributed by atoms with Crippen LogP contribution in [0, 0.1) is 6.92 Å². The van der Waals surface area contributed by atoms with Crippen LogP contribution in [-0.2, 0) is 6.42 Å². The van der Waals surface area contributed by atoms with Crippen LogP contribution in [0.15, 0.2) is 10.9 Å². The SMILES string of the molecule is CCCc1[nH]c(=O)c(C(=O)N2CCC[C@H]2C)cc1C. The van der Waals surface area contributed by atoms with E-state index in [2.05, 4.69) is 11.9 Å². The molecule has 0 aliphatic carbocycles. The number of aromatic nitrogens is 1. The van der Waals surface area contributed by atoms with E-state index >= 15 is 0 Å². The zero-order chi connectivity index (χ0) is 14.0. The number of aryl methyl sites for hydroxylation is 2. The molecule has 0 radical (unpaired) electrons. The summed E-state index contributed by atoms with van der Waals surface area (Å²) in [5.41, 5.74) is 1.97. The van der Waals surface area contributed by atoms with Crippen molar-refractivity contribution in [2.24, 2.45) is 0 Å². The average Bonchev–Trinajstić information content (AvgIpc) is 2.79. The molecule has 4 nitrogen and oxygen atoms in total. The second-order valence-corrected chi connectivity index (χ2v) is 5.41. The third-order valence-electron chi connectivity index (χ3n) is 3.89. The molecular formula is C15H22N2O2. The Bertz CT molecular complexity index is 533. The molecule has 1 amide bonds. The van der Waals surface area contributed by atoms with E-state index in [1.807, 2.05) is 18.7 Å². The Balaban J connectivity index is 2.32. The molecule has 1 N–H and O–H groups in total. The summed E-state index contributed by atoms with van der Waals surface area (Å²) in [6, 6.07) is 1.99. The molecule has 1 atom stereocenters. The summed E-state index contributed by atoms with van der Waals surface area (Å²) in [6.45, 7) is 6.82. The van der Waals surface area contributed by atoms with E-state index in [9.17, 15) is 9.59 Å². The van der Waals surface area contributed by atoms with Crippen molar-refractivity contribution in [3.8, 4) is 0 Å². The number of nitrogens with zero attached hydrogens (tertiary/aromatic N) is 1. The molecule has 0 spiro atoms. The van der Waals surface area contributed by atoms with Gasteiger partial charge < -0.3 is 9.88 Å². The van der Waals surface area contributed by atoms with E-state index in [4.69, 9.17) is 0 Å². The molecule has 1 fully saturated rings. The van der Waals surface area contributed by atoms with Crippen LogP contribution in [0.3, 0.4) is 0 Å². The fourth-order valence-corrected chi connectivity index (χ4v) is 2.73. The van der Waals surface area contributed by atoms with E-state index in [0.29, 0.717) is 0 Å². The number of amides is 1. The van der Waals surface area contributed by atoms with E-state index in [0.717, 1.165) is 43.5 Å². The number of carbonyl (C=O) groups is 1. The molecule has 1 aromatic heterocycles. The molecule has 1 aromatic rings. The van der Waals surface area contributed by atoms with Gasteiger partial charge in [-0.15, -0.1) is 0 Å². The first-order valence-corrected chi connectivity index (χ1v) is 7.08. The van der Waals surface area contributed by atoms with Gasteiger partial charge in [0.25, 0.3) is 11.5 Å². The number of pyridine rings is 1. The maximum absolute atomic E-state index is 12.4. The van der Waals surface area contributed by atoms with Crippen molar-refractivity contribution in [1.82, 2.24) is 9.88 Å². The molecule has 2 rings (SSSR count). The summed E-state index contributed by atoms with van der Waals surface area (Å²) in [6.07, 6.45) is 3.87.